The first-order chi connectivity index (χ1) is 8.99. The van der Waals surface area contributed by atoms with Gasteiger partial charge in [0.25, 0.3) is 0 Å². The van der Waals surface area contributed by atoms with E-state index in [0.29, 0.717) is 19.6 Å². The van der Waals surface area contributed by atoms with E-state index in [-0.39, 0.29) is 12.4 Å². The molecule has 4 nitrogen and oxygen atoms in total. The Bertz CT molecular complexity index is 395. The summed E-state index contributed by atoms with van der Waals surface area (Å²) in [5.41, 5.74) is -0.280. The van der Waals surface area contributed by atoms with Gasteiger partial charge in [-0.05, 0) is 44.9 Å². The van der Waals surface area contributed by atoms with Crippen molar-refractivity contribution < 1.29 is 19.4 Å². The van der Waals surface area contributed by atoms with Gasteiger partial charge < -0.3 is 14.6 Å². The lowest BCUT2D eigenvalue weighted by atomic mass is 9.91. The van der Waals surface area contributed by atoms with E-state index in [4.69, 9.17) is 9.47 Å². The molecule has 0 aliphatic heterocycles. The molecule has 0 radical (unpaired) electrons. The van der Waals surface area contributed by atoms with Crippen molar-refractivity contribution in [2.75, 3.05) is 13.2 Å². The van der Waals surface area contributed by atoms with Gasteiger partial charge in [-0.25, -0.2) is 0 Å². The summed E-state index contributed by atoms with van der Waals surface area (Å²) in [4.78, 5) is 11.3. The maximum Gasteiger partial charge on any atom is 0.305 e. The van der Waals surface area contributed by atoms with Crippen LogP contribution in [0.15, 0.2) is 24.3 Å². The third-order valence-electron chi connectivity index (χ3n) is 2.91. The van der Waals surface area contributed by atoms with Gasteiger partial charge in [0.15, 0.2) is 0 Å². The summed E-state index contributed by atoms with van der Waals surface area (Å²) in [6.07, 6.45) is 0.536. The molecule has 1 N–H and O–H groups in total. The first-order valence-electron chi connectivity index (χ1n) is 6.61. The van der Waals surface area contributed by atoms with Crippen molar-refractivity contribution in [2.45, 2.75) is 39.2 Å². The van der Waals surface area contributed by atoms with Crippen LogP contribution in [0.25, 0.3) is 0 Å². The molecular weight excluding hydrogens is 244 g/mol. The molecule has 1 aromatic carbocycles. The smallest absolute Gasteiger partial charge is 0.305 e. The zero-order valence-electron chi connectivity index (χ0n) is 11.8. The molecule has 0 saturated heterocycles. The van der Waals surface area contributed by atoms with E-state index in [1.54, 1.807) is 13.8 Å². The van der Waals surface area contributed by atoms with Crippen LogP contribution in [0.2, 0.25) is 0 Å². The van der Waals surface area contributed by atoms with Gasteiger partial charge in [-0.15, -0.1) is 0 Å². The second-order valence-electron chi connectivity index (χ2n) is 4.54. The van der Waals surface area contributed by atoms with E-state index >= 15 is 0 Å². The second kappa shape index (κ2) is 7.14. The number of aliphatic hydroxyl groups is 1. The second-order valence-corrected chi connectivity index (χ2v) is 4.54. The Morgan fingerprint density at radius 1 is 1.21 bits per heavy atom. The molecule has 0 heterocycles. The van der Waals surface area contributed by atoms with Crippen LogP contribution in [0, 0.1) is 0 Å². The van der Waals surface area contributed by atoms with Crippen LogP contribution in [-0.4, -0.2) is 24.3 Å². The molecule has 0 aliphatic carbocycles. The molecule has 1 rings (SSSR count). The summed E-state index contributed by atoms with van der Waals surface area (Å²) in [7, 11) is 0. The maximum atomic E-state index is 11.3. The minimum Gasteiger partial charge on any atom is -0.494 e. The third-order valence-corrected chi connectivity index (χ3v) is 2.91. The van der Waals surface area contributed by atoms with Crippen LogP contribution in [0.1, 0.15) is 39.2 Å². The lowest BCUT2D eigenvalue weighted by molar-refractivity contribution is -0.144. The summed E-state index contributed by atoms with van der Waals surface area (Å²) in [6, 6.07) is 7.27. The predicted octanol–water partition coefficient (Wildman–Crippen LogP) is 2.64. The SMILES string of the molecule is CCOC(=O)CCC(C)(O)c1ccc(OCC)cc1. The van der Waals surface area contributed by atoms with E-state index in [2.05, 4.69) is 0 Å². The Morgan fingerprint density at radius 2 is 1.84 bits per heavy atom. The molecule has 0 fully saturated rings. The van der Waals surface area contributed by atoms with Gasteiger partial charge in [-0.1, -0.05) is 12.1 Å². The lowest BCUT2D eigenvalue weighted by Gasteiger charge is -2.23. The third kappa shape index (κ3) is 4.91. The summed E-state index contributed by atoms with van der Waals surface area (Å²) in [6.45, 7) is 6.36. The Morgan fingerprint density at radius 3 is 2.37 bits per heavy atom. The minimum atomic E-state index is -1.04. The van der Waals surface area contributed by atoms with E-state index in [9.17, 15) is 9.90 Å². The summed E-state index contributed by atoms with van der Waals surface area (Å²) < 4.78 is 10.2. The molecule has 0 saturated carbocycles. The molecule has 0 amide bonds. The van der Waals surface area contributed by atoms with Crippen molar-refractivity contribution in [3.8, 4) is 5.75 Å². The van der Waals surface area contributed by atoms with Crippen LogP contribution in [0.4, 0.5) is 0 Å². The van der Waals surface area contributed by atoms with Gasteiger partial charge in [-0.3, -0.25) is 4.79 Å². The summed E-state index contributed by atoms with van der Waals surface area (Å²) in [5, 5.41) is 10.4. The number of carbonyl (C=O) groups is 1. The molecule has 0 spiro atoms. The molecule has 0 aliphatic rings. The van der Waals surface area contributed by atoms with Gasteiger partial charge in [0.1, 0.15) is 5.75 Å². The van der Waals surface area contributed by atoms with Gasteiger partial charge >= 0.3 is 5.97 Å². The Hall–Kier alpha value is -1.55. The first kappa shape index (κ1) is 15.5. The Balaban J connectivity index is 2.63. The summed E-state index contributed by atoms with van der Waals surface area (Å²) in [5.74, 6) is 0.487. The van der Waals surface area contributed by atoms with Crippen LogP contribution < -0.4 is 4.74 Å². The van der Waals surface area contributed by atoms with Crippen molar-refractivity contribution >= 4 is 5.97 Å². The quantitative estimate of drug-likeness (QED) is 0.771. The molecule has 0 aromatic heterocycles. The van der Waals surface area contributed by atoms with E-state index in [1.807, 2.05) is 31.2 Å². The Kier molecular flexibility index (Phi) is 5.83. The van der Waals surface area contributed by atoms with Crippen molar-refractivity contribution in [3.05, 3.63) is 29.8 Å². The highest BCUT2D eigenvalue weighted by Gasteiger charge is 2.24. The molecular formula is C15H22O4. The highest BCUT2D eigenvalue weighted by atomic mass is 16.5. The molecule has 1 unspecified atom stereocenters. The van der Waals surface area contributed by atoms with Crippen LogP contribution >= 0.6 is 0 Å². The highest BCUT2D eigenvalue weighted by molar-refractivity contribution is 5.69. The Labute approximate surface area is 114 Å². The van der Waals surface area contributed by atoms with E-state index < -0.39 is 5.60 Å². The van der Waals surface area contributed by atoms with Crippen LogP contribution in [0.5, 0.6) is 5.75 Å². The summed E-state index contributed by atoms with van der Waals surface area (Å²) >= 11 is 0. The van der Waals surface area contributed by atoms with Gasteiger partial charge in [-0.2, -0.15) is 0 Å². The molecule has 1 aromatic rings. The van der Waals surface area contributed by atoms with Gasteiger partial charge in [0.2, 0.25) is 0 Å². The number of esters is 1. The number of ether oxygens (including phenoxy) is 2. The topological polar surface area (TPSA) is 55.8 Å². The zero-order chi connectivity index (χ0) is 14.3. The lowest BCUT2D eigenvalue weighted by Crippen LogP contribution is -2.22. The van der Waals surface area contributed by atoms with E-state index in [1.165, 1.54) is 0 Å². The van der Waals surface area contributed by atoms with Crippen molar-refractivity contribution in [1.82, 2.24) is 0 Å². The van der Waals surface area contributed by atoms with Gasteiger partial charge in [0, 0.05) is 6.42 Å². The minimum absolute atomic E-state index is 0.202. The van der Waals surface area contributed by atoms with Crippen molar-refractivity contribution in [2.24, 2.45) is 0 Å². The largest absolute Gasteiger partial charge is 0.494 e. The highest BCUT2D eigenvalue weighted by Crippen LogP contribution is 2.27. The van der Waals surface area contributed by atoms with Gasteiger partial charge in [0.05, 0.1) is 18.8 Å². The first-order valence-corrected chi connectivity index (χ1v) is 6.61. The van der Waals surface area contributed by atoms with E-state index in [0.717, 1.165) is 11.3 Å². The maximum absolute atomic E-state index is 11.3. The molecule has 0 bridgehead atoms. The number of rotatable bonds is 7. The fourth-order valence-corrected chi connectivity index (χ4v) is 1.80. The predicted molar refractivity (Wildman–Crippen MR) is 73.0 cm³/mol. The standard InChI is InChI=1S/C15H22O4/c1-4-18-13-8-6-12(7-9-13)15(3,17)11-10-14(16)19-5-2/h6-9,17H,4-5,10-11H2,1-3H3. The molecule has 19 heavy (non-hydrogen) atoms. The molecule has 106 valence electrons. The van der Waals surface area contributed by atoms with Crippen molar-refractivity contribution in [1.29, 1.82) is 0 Å². The number of hydrogen-bond acceptors (Lipinski definition) is 4. The monoisotopic (exact) mass is 266 g/mol. The number of benzene rings is 1. The molecule has 4 heteroatoms. The normalized spacial score (nSPS) is 13.7. The fourth-order valence-electron chi connectivity index (χ4n) is 1.80. The fraction of sp³-hybridized carbons (Fsp3) is 0.533. The average molecular weight is 266 g/mol. The number of hydrogen-bond donors (Lipinski definition) is 1. The average Bonchev–Trinajstić information content (AvgIpc) is 2.38. The van der Waals surface area contributed by atoms with Crippen LogP contribution in [-0.2, 0) is 15.1 Å². The number of carbonyl (C=O) groups excluding carboxylic acids is 1. The van der Waals surface area contributed by atoms with Crippen LogP contribution in [0.3, 0.4) is 0 Å². The van der Waals surface area contributed by atoms with Crippen molar-refractivity contribution in [3.63, 3.8) is 0 Å². The molecule has 1 atom stereocenters. The zero-order valence-corrected chi connectivity index (χ0v) is 11.8.